The zero-order valence-electron chi connectivity index (χ0n) is 20.8. The minimum absolute atomic E-state index is 0.0189. The third-order valence-corrected chi connectivity index (χ3v) is 8.04. The van der Waals surface area contributed by atoms with Crippen LogP contribution in [0.4, 0.5) is 0 Å². The number of likely N-dealkylation sites (tertiary alicyclic amines) is 1. The Bertz CT molecular complexity index is 1230. The fourth-order valence-corrected chi connectivity index (χ4v) is 5.78. The van der Waals surface area contributed by atoms with Gasteiger partial charge in [-0.05, 0) is 85.5 Å². The van der Waals surface area contributed by atoms with Crippen molar-refractivity contribution in [3.63, 3.8) is 0 Å². The number of carbonyl (C=O) groups is 1. The van der Waals surface area contributed by atoms with Crippen molar-refractivity contribution in [2.24, 2.45) is 17.4 Å². The number of hydrogen-bond acceptors (Lipinski definition) is 5. The molecule has 6 N–H and O–H groups in total. The molecule has 3 aromatic rings. The Balaban J connectivity index is 1.51. The molecule has 0 saturated carbocycles. The maximum absolute atomic E-state index is 13.7. The summed E-state index contributed by atoms with van der Waals surface area (Å²) in [5, 5.41) is 8.48. The summed E-state index contributed by atoms with van der Waals surface area (Å²) in [6.07, 6.45) is 3.49. The third-order valence-electron chi connectivity index (χ3n) is 6.81. The lowest BCUT2D eigenvalue weighted by molar-refractivity contribution is -0.134. The van der Waals surface area contributed by atoms with Gasteiger partial charge in [-0.1, -0.05) is 60.1 Å². The van der Waals surface area contributed by atoms with Gasteiger partial charge < -0.3 is 16.4 Å². The number of benzene rings is 3. The summed E-state index contributed by atoms with van der Waals surface area (Å²) in [6, 6.07) is 23.0. The van der Waals surface area contributed by atoms with Gasteiger partial charge in [-0.2, -0.15) is 0 Å². The lowest BCUT2D eigenvalue weighted by Gasteiger charge is -2.34. The van der Waals surface area contributed by atoms with E-state index in [-0.39, 0.29) is 11.7 Å². The van der Waals surface area contributed by atoms with Crippen molar-refractivity contribution < 1.29 is 4.79 Å². The van der Waals surface area contributed by atoms with Crippen LogP contribution in [0.15, 0.2) is 77.7 Å². The molecule has 6 nitrogen and oxygen atoms in total. The Hall–Kier alpha value is -2.84. The van der Waals surface area contributed by atoms with Gasteiger partial charge in [0.15, 0.2) is 0 Å². The molecular formula is C29H34ClN5OS. The van der Waals surface area contributed by atoms with E-state index in [0.29, 0.717) is 29.5 Å². The Kier molecular flexibility index (Phi) is 9.63. The van der Waals surface area contributed by atoms with Crippen LogP contribution in [0.2, 0.25) is 5.02 Å². The summed E-state index contributed by atoms with van der Waals surface area (Å²) in [5.74, 6) is 0.703. The van der Waals surface area contributed by atoms with Crippen LogP contribution in [0, 0.1) is 11.3 Å². The second kappa shape index (κ2) is 13.1. The highest BCUT2D eigenvalue weighted by atomic mass is 35.5. The van der Waals surface area contributed by atoms with Gasteiger partial charge in [-0.3, -0.25) is 10.2 Å². The molecular weight excluding hydrogens is 502 g/mol. The summed E-state index contributed by atoms with van der Waals surface area (Å²) in [7, 11) is 0. The largest absolute Gasteiger partial charge is 0.384 e. The third kappa shape index (κ3) is 7.36. The monoisotopic (exact) mass is 535 g/mol. The molecule has 1 unspecified atom stereocenters. The highest BCUT2D eigenvalue weighted by Crippen LogP contribution is 2.30. The quantitative estimate of drug-likeness (QED) is 0.164. The number of nitrogen functional groups attached to an aromatic ring is 1. The number of amidine groups is 1. The average Bonchev–Trinajstić information content (AvgIpc) is 2.92. The number of nitrogens with two attached hydrogens (primary N) is 2. The van der Waals surface area contributed by atoms with Crippen LogP contribution in [0.5, 0.6) is 0 Å². The van der Waals surface area contributed by atoms with Crippen molar-refractivity contribution in [1.82, 2.24) is 9.62 Å². The van der Waals surface area contributed by atoms with E-state index in [0.717, 1.165) is 53.9 Å². The number of carbonyl (C=O) groups excluding carboxylic acids is 1. The Morgan fingerprint density at radius 2 is 1.84 bits per heavy atom. The van der Waals surface area contributed by atoms with Crippen LogP contribution < -0.4 is 16.2 Å². The predicted octanol–water partition coefficient (Wildman–Crippen LogP) is 5.09. The van der Waals surface area contributed by atoms with Crippen LogP contribution in [0.25, 0.3) is 11.1 Å². The van der Waals surface area contributed by atoms with Crippen LogP contribution in [-0.4, -0.2) is 42.3 Å². The van der Waals surface area contributed by atoms with Gasteiger partial charge in [0.2, 0.25) is 5.91 Å². The molecule has 37 heavy (non-hydrogen) atoms. The summed E-state index contributed by atoms with van der Waals surface area (Å²) in [4.78, 5) is 16.6. The molecule has 1 saturated heterocycles. The molecule has 1 fully saturated rings. The highest BCUT2D eigenvalue weighted by Gasteiger charge is 2.28. The number of piperidine rings is 1. The van der Waals surface area contributed by atoms with Gasteiger partial charge in [-0.25, -0.2) is 4.72 Å². The van der Waals surface area contributed by atoms with E-state index in [2.05, 4.69) is 10.8 Å². The standard InChI is InChI=1S/C29H34ClN5OS/c30-26-10-2-1-9-25(26)22-6-4-8-24(19-22)37-34-27(18-21-5-3-7-23(17-21)28(32)33)29(36)35-15-12-20(11-14-31)13-16-35/h1-10,17,19-20,27,34H,11-16,18,31H2,(H3,32,33). The van der Waals surface area contributed by atoms with Crippen LogP contribution in [0.3, 0.4) is 0 Å². The summed E-state index contributed by atoms with van der Waals surface area (Å²) < 4.78 is 3.45. The molecule has 1 heterocycles. The van der Waals surface area contributed by atoms with Gasteiger partial charge in [0, 0.05) is 34.1 Å². The van der Waals surface area contributed by atoms with Gasteiger partial charge in [0.25, 0.3) is 0 Å². The molecule has 194 valence electrons. The molecule has 4 rings (SSSR count). The second-order valence-electron chi connectivity index (χ2n) is 9.44. The van der Waals surface area contributed by atoms with E-state index in [1.54, 1.807) is 0 Å². The van der Waals surface area contributed by atoms with Crippen molar-refractivity contribution in [2.75, 3.05) is 19.6 Å². The first kappa shape index (κ1) is 27.2. The van der Waals surface area contributed by atoms with Crippen molar-refractivity contribution in [2.45, 2.75) is 36.6 Å². The van der Waals surface area contributed by atoms with Crippen molar-refractivity contribution >= 4 is 35.3 Å². The number of rotatable bonds is 10. The van der Waals surface area contributed by atoms with Gasteiger partial charge in [0.1, 0.15) is 11.9 Å². The molecule has 0 aromatic heterocycles. The van der Waals surface area contributed by atoms with Gasteiger partial charge in [0.05, 0.1) is 0 Å². The molecule has 0 radical (unpaired) electrons. The zero-order chi connectivity index (χ0) is 26.2. The summed E-state index contributed by atoms with van der Waals surface area (Å²) in [6.45, 7) is 2.20. The first-order valence-corrected chi connectivity index (χ1v) is 13.8. The van der Waals surface area contributed by atoms with Crippen molar-refractivity contribution in [1.29, 1.82) is 5.41 Å². The van der Waals surface area contributed by atoms with E-state index in [9.17, 15) is 4.79 Å². The average molecular weight is 536 g/mol. The molecule has 3 aromatic carbocycles. The molecule has 0 spiro atoms. The molecule has 1 amide bonds. The number of hydrogen-bond donors (Lipinski definition) is 4. The SMILES string of the molecule is N=C(N)c1cccc(CC(NSc2cccc(-c3ccccc3Cl)c2)C(=O)N2CCC(CCN)CC2)c1. The minimum Gasteiger partial charge on any atom is -0.384 e. The highest BCUT2D eigenvalue weighted by molar-refractivity contribution is 7.97. The maximum Gasteiger partial charge on any atom is 0.240 e. The van der Waals surface area contributed by atoms with Crippen molar-refractivity contribution in [3.8, 4) is 11.1 Å². The molecule has 1 aliphatic heterocycles. The summed E-state index contributed by atoms with van der Waals surface area (Å²) >= 11 is 7.87. The lowest BCUT2D eigenvalue weighted by Crippen LogP contribution is -2.48. The summed E-state index contributed by atoms with van der Waals surface area (Å²) in [5.41, 5.74) is 15.1. The first-order valence-electron chi connectivity index (χ1n) is 12.6. The molecule has 8 heteroatoms. The van der Waals surface area contributed by atoms with E-state index in [1.165, 1.54) is 11.9 Å². The number of nitrogens with one attached hydrogen (secondary N) is 2. The molecule has 1 atom stereocenters. The fraction of sp³-hybridized carbons (Fsp3) is 0.310. The van der Waals surface area contributed by atoms with E-state index >= 15 is 0 Å². The van der Waals surface area contributed by atoms with Crippen LogP contribution in [-0.2, 0) is 11.2 Å². The maximum atomic E-state index is 13.7. The lowest BCUT2D eigenvalue weighted by atomic mass is 9.93. The van der Waals surface area contributed by atoms with Crippen LogP contribution in [0.1, 0.15) is 30.4 Å². The second-order valence-corrected chi connectivity index (χ2v) is 10.8. The first-order chi connectivity index (χ1) is 17.9. The number of nitrogens with zero attached hydrogens (tertiary/aromatic N) is 1. The van der Waals surface area contributed by atoms with Crippen molar-refractivity contribution in [3.05, 3.63) is 88.9 Å². The van der Waals surface area contributed by atoms with E-state index < -0.39 is 6.04 Å². The van der Waals surface area contributed by atoms with E-state index in [4.69, 9.17) is 28.5 Å². The smallest absolute Gasteiger partial charge is 0.240 e. The van der Waals surface area contributed by atoms with E-state index in [1.807, 2.05) is 71.6 Å². The Morgan fingerprint density at radius 1 is 1.08 bits per heavy atom. The predicted molar refractivity (Wildman–Crippen MR) is 154 cm³/mol. The zero-order valence-corrected chi connectivity index (χ0v) is 22.4. The number of amides is 1. The van der Waals surface area contributed by atoms with Crippen LogP contribution >= 0.6 is 23.5 Å². The fourth-order valence-electron chi connectivity index (χ4n) is 4.74. The Morgan fingerprint density at radius 3 is 2.57 bits per heavy atom. The molecule has 1 aliphatic rings. The topological polar surface area (TPSA) is 108 Å². The van der Waals surface area contributed by atoms with Gasteiger partial charge >= 0.3 is 0 Å². The number of halogens is 1. The Labute approximate surface area is 228 Å². The molecule has 0 aliphatic carbocycles. The normalized spacial score (nSPS) is 14.9. The minimum atomic E-state index is -0.428. The van der Waals surface area contributed by atoms with Gasteiger partial charge in [-0.15, -0.1) is 0 Å². The molecule has 0 bridgehead atoms.